The first-order valence-corrected chi connectivity index (χ1v) is 8.58. The maximum atomic E-state index is 10.4. The molecule has 6 heteroatoms. The largest absolute Gasteiger partial charge is 1.00 e. The predicted molar refractivity (Wildman–Crippen MR) is 72.2 cm³/mol. The smallest absolute Gasteiger partial charge is 0.746 e. The topological polar surface area (TPSA) is 77.4 Å². The van der Waals surface area contributed by atoms with E-state index in [2.05, 4.69) is 6.92 Å². The molecule has 0 aromatic rings. The third kappa shape index (κ3) is 15.7. The van der Waals surface area contributed by atoms with Crippen molar-refractivity contribution in [2.45, 2.75) is 83.0 Å². The van der Waals surface area contributed by atoms with E-state index in [0.717, 1.165) is 19.3 Å². The van der Waals surface area contributed by atoms with Crippen molar-refractivity contribution in [2.24, 2.45) is 0 Å². The van der Waals surface area contributed by atoms with E-state index < -0.39 is 15.6 Å². The molecule has 0 radical (unpaired) electrons. The number of hydrogen-bond acceptors (Lipinski definition) is 4. The van der Waals surface area contributed by atoms with Gasteiger partial charge >= 0.3 is 51.4 Å². The number of aliphatic hydroxyl groups excluding tert-OH is 1. The second-order valence-electron chi connectivity index (χ2n) is 4.92. The Hall–Kier alpha value is 1.51. The van der Waals surface area contributed by atoms with E-state index in [0.29, 0.717) is 6.42 Å². The molecule has 0 fully saturated rings. The van der Waals surface area contributed by atoms with Crippen LogP contribution < -0.4 is 51.4 Å². The summed E-state index contributed by atoms with van der Waals surface area (Å²) in [6.07, 6.45) is 11.5. The molecule has 0 spiro atoms. The third-order valence-corrected chi connectivity index (χ3v) is 4.04. The molecule has 0 rings (SSSR count). The molecule has 19 heavy (non-hydrogen) atoms. The summed E-state index contributed by atoms with van der Waals surface area (Å²) < 4.78 is 31.3. The fourth-order valence-corrected chi connectivity index (χ4v) is 2.41. The Morgan fingerprint density at radius 2 is 1.26 bits per heavy atom. The minimum atomic E-state index is -4.51. The Balaban J connectivity index is 0. The van der Waals surface area contributed by atoms with Crippen molar-refractivity contribution in [1.82, 2.24) is 0 Å². The van der Waals surface area contributed by atoms with E-state index in [4.69, 9.17) is 5.11 Å². The molecule has 1 atom stereocenters. The summed E-state index contributed by atoms with van der Waals surface area (Å²) in [6.45, 7) is 2.20. The molecular formula is C13H27KO4S. The first-order valence-electron chi connectivity index (χ1n) is 7.11. The Morgan fingerprint density at radius 3 is 1.63 bits per heavy atom. The van der Waals surface area contributed by atoms with E-state index in [-0.39, 0.29) is 57.8 Å². The Bertz CT molecular complexity index is 280. The van der Waals surface area contributed by atoms with Gasteiger partial charge in [0.15, 0.2) is 0 Å². The van der Waals surface area contributed by atoms with Crippen molar-refractivity contribution in [3.8, 4) is 0 Å². The minimum Gasteiger partial charge on any atom is -0.746 e. The van der Waals surface area contributed by atoms with Gasteiger partial charge in [-0.3, -0.25) is 0 Å². The molecule has 110 valence electrons. The second kappa shape index (κ2) is 14.4. The van der Waals surface area contributed by atoms with Crippen LogP contribution in [0.3, 0.4) is 0 Å². The van der Waals surface area contributed by atoms with E-state index in [1.54, 1.807) is 0 Å². The molecule has 1 unspecified atom stereocenters. The van der Waals surface area contributed by atoms with E-state index >= 15 is 0 Å². The van der Waals surface area contributed by atoms with Gasteiger partial charge in [0.1, 0.15) is 15.6 Å². The maximum Gasteiger partial charge on any atom is 1.00 e. The zero-order valence-corrected chi connectivity index (χ0v) is 16.4. The summed E-state index contributed by atoms with van der Waals surface area (Å²) in [5.74, 6) is 0. The SMILES string of the molecule is CCCCCCCCCCCCC(O)S(=O)(=O)[O-].[K+]. The number of rotatable bonds is 12. The molecule has 1 N–H and O–H groups in total. The minimum absolute atomic E-state index is 0. The third-order valence-electron chi connectivity index (χ3n) is 3.14. The monoisotopic (exact) mass is 318 g/mol. The second-order valence-corrected chi connectivity index (χ2v) is 6.45. The van der Waals surface area contributed by atoms with Gasteiger partial charge in [-0.15, -0.1) is 0 Å². The van der Waals surface area contributed by atoms with Crippen LogP contribution in [0.25, 0.3) is 0 Å². The summed E-state index contributed by atoms with van der Waals surface area (Å²) in [7, 11) is -4.51. The first kappa shape index (κ1) is 22.8. The molecule has 0 aliphatic heterocycles. The molecule has 0 heterocycles. The van der Waals surface area contributed by atoms with Crippen molar-refractivity contribution in [2.75, 3.05) is 0 Å². The number of hydrogen-bond donors (Lipinski definition) is 1. The summed E-state index contributed by atoms with van der Waals surface area (Å²) in [4.78, 5) is 0. The van der Waals surface area contributed by atoms with Gasteiger partial charge in [0.05, 0.1) is 0 Å². The van der Waals surface area contributed by atoms with Crippen LogP contribution in [0.1, 0.15) is 77.6 Å². The van der Waals surface area contributed by atoms with Crippen molar-refractivity contribution in [3.05, 3.63) is 0 Å². The molecule has 0 amide bonds. The fourth-order valence-electron chi connectivity index (χ4n) is 1.95. The van der Waals surface area contributed by atoms with Gasteiger partial charge in [0, 0.05) is 0 Å². The van der Waals surface area contributed by atoms with Crippen LogP contribution in [-0.2, 0) is 10.1 Å². The van der Waals surface area contributed by atoms with E-state index in [1.165, 1.54) is 38.5 Å². The normalized spacial score (nSPS) is 13.0. The van der Waals surface area contributed by atoms with E-state index in [9.17, 15) is 13.0 Å². The molecule has 0 saturated carbocycles. The van der Waals surface area contributed by atoms with Crippen molar-refractivity contribution < 1.29 is 69.5 Å². The Kier molecular flexibility index (Phi) is 17.3. The first-order chi connectivity index (χ1) is 8.48. The maximum absolute atomic E-state index is 10.4. The molecule has 0 aliphatic carbocycles. The molecule has 0 aromatic carbocycles. The summed E-state index contributed by atoms with van der Waals surface area (Å²) in [6, 6.07) is 0. The van der Waals surface area contributed by atoms with Gasteiger partial charge in [-0.1, -0.05) is 64.7 Å². The molecule has 0 bridgehead atoms. The van der Waals surface area contributed by atoms with Gasteiger partial charge < -0.3 is 9.66 Å². The van der Waals surface area contributed by atoms with Crippen molar-refractivity contribution in [3.63, 3.8) is 0 Å². The summed E-state index contributed by atoms with van der Waals surface area (Å²) in [5, 5.41) is 9.01. The van der Waals surface area contributed by atoms with Gasteiger partial charge in [0.25, 0.3) is 0 Å². The molecule has 0 aliphatic rings. The summed E-state index contributed by atoms with van der Waals surface area (Å²) >= 11 is 0. The average molecular weight is 319 g/mol. The van der Waals surface area contributed by atoms with Gasteiger partial charge in [-0.2, -0.15) is 0 Å². The van der Waals surface area contributed by atoms with Crippen LogP contribution in [-0.4, -0.2) is 23.5 Å². The van der Waals surface area contributed by atoms with E-state index in [1.807, 2.05) is 0 Å². The van der Waals surface area contributed by atoms with Gasteiger partial charge in [0.2, 0.25) is 0 Å². The molecule has 4 nitrogen and oxygen atoms in total. The predicted octanol–water partition coefficient (Wildman–Crippen LogP) is 0.165. The van der Waals surface area contributed by atoms with Gasteiger partial charge in [-0.05, 0) is 12.8 Å². The van der Waals surface area contributed by atoms with Crippen LogP contribution in [0.5, 0.6) is 0 Å². The van der Waals surface area contributed by atoms with Crippen molar-refractivity contribution in [1.29, 1.82) is 0 Å². The quantitative estimate of drug-likeness (QED) is 0.316. The Labute approximate surface area is 160 Å². The molecular weight excluding hydrogens is 291 g/mol. The number of unbranched alkanes of at least 4 members (excludes halogenated alkanes) is 9. The molecule has 0 aromatic heterocycles. The van der Waals surface area contributed by atoms with Gasteiger partial charge in [-0.25, -0.2) is 8.42 Å². The number of aliphatic hydroxyl groups is 1. The average Bonchev–Trinajstić information content (AvgIpc) is 2.30. The van der Waals surface area contributed by atoms with Crippen LogP contribution in [0.15, 0.2) is 0 Å². The van der Waals surface area contributed by atoms with Crippen molar-refractivity contribution >= 4 is 10.1 Å². The van der Waals surface area contributed by atoms with Crippen LogP contribution in [0.2, 0.25) is 0 Å². The van der Waals surface area contributed by atoms with Crippen LogP contribution in [0.4, 0.5) is 0 Å². The molecule has 0 saturated heterocycles. The standard InChI is InChI=1S/C13H28O4S.K/c1-2-3-4-5-6-7-8-9-10-11-12-13(14)18(15,16)17;/h13-14H,2-12H2,1H3,(H,15,16,17);/q;+1/p-1. The zero-order chi connectivity index (χ0) is 13.9. The zero-order valence-electron chi connectivity index (χ0n) is 12.4. The van der Waals surface area contributed by atoms with Crippen LogP contribution >= 0.6 is 0 Å². The fraction of sp³-hybridized carbons (Fsp3) is 1.00. The van der Waals surface area contributed by atoms with Crippen LogP contribution in [0, 0.1) is 0 Å². The Morgan fingerprint density at radius 1 is 0.895 bits per heavy atom. The summed E-state index contributed by atoms with van der Waals surface area (Å²) in [5.41, 5.74) is -1.72.